The van der Waals surface area contributed by atoms with Gasteiger partial charge in [0.1, 0.15) is 0 Å². The van der Waals surface area contributed by atoms with Gasteiger partial charge in [0.2, 0.25) is 10.0 Å². The van der Waals surface area contributed by atoms with Crippen molar-refractivity contribution < 1.29 is 8.42 Å². The van der Waals surface area contributed by atoms with E-state index in [1.807, 2.05) is 13.8 Å². The smallest absolute Gasteiger partial charge is 0.209 e. The van der Waals surface area contributed by atoms with Crippen molar-refractivity contribution in [3.8, 4) is 0 Å². The van der Waals surface area contributed by atoms with Gasteiger partial charge in [0.25, 0.3) is 0 Å². The third kappa shape index (κ3) is 11.0. The van der Waals surface area contributed by atoms with Crippen molar-refractivity contribution in [3.05, 3.63) is 0 Å². The summed E-state index contributed by atoms with van der Waals surface area (Å²) in [5, 5.41) is 3.39. The Labute approximate surface area is 113 Å². The van der Waals surface area contributed by atoms with E-state index in [2.05, 4.69) is 37.7 Å². The normalized spacial score (nSPS) is 15.7. The lowest BCUT2D eigenvalue weighted by molar-refractivity contribution is 0.322. The van der Waals surface area contributed by atoms with Gasteiger partial charge in [-0.05, 0) is 39.0 Å². The summed E-state index contributed by atoms with van der Waals surface area (Å²) >= 11 is 0. The predicted molar refractivity (Wildman–Crippen MR) is 78.2 cm³/mol. The van der Waals surface area contributed by atoms with Gasteiger partial charge >= 0.3 is 0 Å². The Balaban J connectivity index is 4.08. The topological polar surface area (TPSA) is 58.2 Å². The molecule has 0 amide bonds. The third-order valence-electron chi connectivity index (χ3n) is 2.68. The number of hydrogen-bond donors (Lipinski definition) is 2. The monoisotopic (exact) mass is 278 g/mol. The van der Waals surface area contributed by atoms with Crippen LogP contribution in [0.3, 0.4) is 0 Å². The van der Waals surface area contributed by atoms with E-state index < -0.39 is 15.6 Å². The summed E-state index contributed by atoms with van der Waals surface area (Å²) in [6, 6.07) is 0.393. The number of rotatable bonds is 7. The average Bonchev–Trinajstić information content (AvgIpc) is 2.06. The largest absolute Gasteiger partial charge is 0.312 e. The molecule has 1 unspecified atom stereocenters. The summed E-state index contributed by atoms with van der Waals surface area (Å²) in [7, 11) is -3.16. The van der Waals surface area contributed by atoms with Crippen LogP contribution in [0.5, 0.6) is 0 Å². The molecule has 0 radical (unpaired) electrons. The number of hydrogen-bond acceptors (Lipinski definition) is 3. The van der Waals surface area contributed by atoms with E-state index in [4.69, 9.17) is 0 Å². The quantitative estimate of drug-likeness (QED) is 0.750. The molecule has 5 heteroatoms. The van der Waals surface area contributed by atoms with E-state index >= 15 is 0 Å². The first-order valence-corrected chi connectivity index (χ1v) is 8.42. The maximum absolute atomic E-state index is 11.2. The Morgan fingerprint density at radius 2 is 1.61 bits per heavy atom. The standard InChI is InChI=1S/C13H30N2O2S/c1-11(8-9-12(2,3)4)14-10-13(5,6)15-18(7,16)17/h11,14-15H,8-10H2,1-7H3. The maximum Gasteiger partial charge on any atom is 0.209 e. The Morgan fingerprint density at radius 1 is 1.11 bits per heavy atom. The molecule has 4 nitrogen and oxygen atoms in total. The maximum atomic E-state index is 11.2. The van der Waals surface area contributed by atoms with Crippen LogP contribution in [0, 0.1) is 5.41 Å². The van der Waals surface area contributed by atoms with Crippen molar-refractivity contribution in [1.29, 1.82) is 0 Å². The predicted octanol–water partition coefficient (Wildman–Crippen LogP) is 2.12. The van der Waals surface area contributed by atoms with Gasteiger partial charge in [0.15, 0.2) is 0 Å². The number of nitrogens with one attached hydrogen (secondary N) is 2. The fourth-order valence-corrected chi connectivity index (χ4v) is 2.79. The lowest BCUT2D eigenvalue weighted by atomic mass is 9.89. The summed E-state index contributed by atoms with van der Waals surface area (Å²) in [5.74, 6) is 0. The fraction of sp³-hybridized carbons (Fsp3) is 1.00. The van der Waals surface area contributed by atoms with Crippen molar-refractivity contribution in [3.63, 3.8) is 0 Å². The van der Waals surface area contributed by atoms with Crippen LogP contribution in [0.1, 0.15) is 54.4 Å². The van der Waals surface area contributed by atoms with Crippen LogP contribution in [-0.2, 0) is 10.0 Å². The van der Waals surface area contributed by atoms with Crippen molar-refractivity contribution in [2.75, 3.05) is 12.8 Å². The molecule has 110 valence electrons. The van der Waals surface area contributed by atoms with Crippen molar-refractivity contribution in [2.24, 2.45) is 5.41 Å². The molecule has 0 aromatic rings. The van der Waals surface area contributed by atoms with Gasteiger partial charge in [-0.25, -0.2) is 13.1 Å². The first-order valence-electron chi connectivity index (χ1n) is 6.53. The molecule has 0 aromatic heterocycles. The van der Waals surface area contributed by atoms with E-state index in [1.165, 1.54) is 6.26 Å². The van der Waals surface area contributed by atoms with Gasteiger partial charge < -0.3 is 5.32 Å². The van der Waals surface area contributed by atoms with Gasteiger partial charge in [-0.3, -0.25) is 0 Å². The molecule has 0 spiro atoms. The second-order valence-electron chi connectivity index (χ2n) is 7.14. The van der Waals surface area contributed by atoms with Crippen LogP contribution >= 0.6 is 0 Å². The minimum atomic E-state index is -3.16. The Morgan fingerprint density at radius 3 is 2.00 bits per heavy atom. The van der Waals surface area contributed by atoms with Crippen molar-refractivity contribution in [1.82, 2.24) is 10.0 Å². The Bertz CT molecular complexity index is 342. The molecule has 0 aliphatic heterocycles. The molecular formula is C13H30N2O2S. The average molecular weight is 278 g/mol. The van der Waals surface area contributed by atoms with Gasteiger partial charge in [-0.2, -0.15) is 0 Å². The molecule has 0 saturated carbocycles. The van der Waals surface area contributed by atoms with Gasteiger partial charge in [-0.1, -0.05) is 20.8 Å². The van der Waals surface area contributed by atoms with E-state index in [0.29, 0.717) is 18.0 Å². The zero-order valence-electron chi connectivity index (χ0n) is 12.9. The van der Waals surface area contributed by atoms with Crippen molar-refractivity contribution >= 4 is 10.0 Å². The molecule has 0 rings (SSSR count). The van der Waals surface area contributed by atoms with Gasteiger partial charge in [-0.15, -0.1) is 0 Å². The Kier molecular flexibility index (Phi) is 6.30. The highest BCUT2D eigenvalue weighted by Gasteiger charge is 2.22. The minimum absolute atomic E-state index is 0.344. The second kappa shape index (κ2) is 6.35. The summed E-state index contributed by atoms with van der Waals surface area (Å²) in [4.78, 5) is 0. The summed E-state index contributed by atoms with van der Waals surface area (Å²) < 4.78 is 25.1. The van der Waals surface area contributed by atoms with Crippen LogP contribution in [-0.4, -0.2) is 32.8 Å². The molecule has 1 atom stereocenters. The first kappa shape index (κ1) is 17.9. The SMILES string of the molecule is CC(CCC(C)(C)C)NCC(C)(C)NS(C)(=O)=O. The first-order chi connectivity index (χ1) is 7.81. The second-order valence-corrected chi connectivity index (χ2v) is 8.89. The minimum Gasteiger partial charge on any atom is -0.312 e. The van der Waals surface area contributed by atoms with E-state index in [1.54, 1.807) is 0 Å². The molecule has 0 aliphatic carbocycles. The summed E-state index contributed by atoms with van der Waals surface area (Å²) in [5.41, 5.74) is -0.111. The van der Waals surface area contributed by atoms with Crippen LogP contribution < -0.4 is 10.0 Å². The third-order valence-corrected chi connectivity index (χ3v) is 3.60. The molecule has 0 heterocycles. The lowest BCUT2D eigenvalue weighted by Crippen LogP contribution is -2.51. The molecule has 0 saturated heterocycles. The fourth-order valence-electron chi connectivity index (χ4n) is 1.72. The molecule has 0 aliphatic rings. The van der Waals surface area contributed by atoms with Crippen molar-refractivity contribution in [2.45, 2.75) is 66.0 Å². The molecule has 2 N–H and O–H groups in total. The van der Waals surface area contributed by atoms with Gasteiger partial charge in [0, 0.05) is 18.1 Å². The van der Waals surface area contributed by atoms with E-state index in [0.717, 1.165) is 12.8 Å². The molecule has 0 fully saturated rings. The highest BCUT2D eigenvalue weighted by molar-refractivity contribution is 7.88. The van der Waals surface area contributed by atoms with Crippen LogP contribution in [0.15, 0.2) is 0 Å². The van der Waals surface area contributed by atoms with Gasteiger partial charge in [0.05, 0.1) is 6.26 Å². The van der Waals surface area contributed by atoms with Crippen LogP contribution in [0.25, 0.3) is 0 Å². The zero-order valence-corrected chi connectivity index (χ0v) is 13.7. The molecular weight excluding hydrogens is 248 g/mol. The molecule has 18 heavy (non-hydrogen) atoms. The lowest BCUT2D eigenvalue weighted by Gasteiger charge is -2.28. The van der Waals surface area contributed by atoms with E-state index in [-0.39, 0.29) is 0 Å². The number of sulfonamides is 1. The molecule has 0 bridgehead atoms. The summed E-state index contributed by atoms with van der Waals surface area (Å²) in [6.07, 6.45) is 3.44. The Hall–Kier alpha value is -0.130. The summed E-state index contributed by atoms with van der Waals surface area (Å²) in [6.45, 7) is 13.2. The molecule has 0 aromatic carbocycles. The van der Waals surface area contributed by atoms with Crippen LogP contribution in [0.2, 0.25) is 0 Å². The zero-order chi connectivity index (χ0) is 14.6. The highest BCUT2D eigenvalue weighted by Crippen LogP contribution is 2.21. The highest BCUT2D eigenvalue weighted by atomic mass is 32.2. The van der Waals surface area contributed by atoms with E-state index in [9.17, 15) is 8.42 Å². The van der Waals surface area contributed by atoms with Crippen LogP contribution in [0.4, 0.5) is 0 Å².